The summed E-state index contributed by atoms with van der Waals surface area (Å²) in [7, 11) is 1.71. The van der Waals surface area contributed by atoms with E-state index in [9.17, 15) is 0 Å². The highest BCUT2D eigenvalue weighted by Crippen LogP contribution is 2.08. The summed E-state index contributed by atoms with van der Waals surface area (Å²) >= 11 is 5.74. The van der Waals surface area contributed by atoms with Crippen molar-refractivity contribution in [1.29, 1.82) is 0 Å². The normalized spacial score (nSPS) is 10.2. The zero-order chi connectivity index (χ0) is 12.1. The van der Waals surface area contributed by atoms with Crippen molar-refractivity contribution in [2.45, 2.75) is 6.54 Å². The maximum atomic E-state index is 5.74. The average Bonchev–Trinajstić information content (AvgIpc) is 2.81. The predicted molar refractivity (Wildman–Crippen MR) is 62.9 cm³/mol. The molecule has 0 aliphatic carbocycles. The molecular weight excluding hydrogens is 244 g/mol. The fraction of sp³-hybridized carbons (Fsp3) is 0.375. The lowest BCUT2D eigenvalue weighted by Crippen LogP contribution is -2.14. The van der Waals surface area contributed by atoms with Gasteiger partial charge < -0.3 is 10.6 Å². The van der Waals surface area contributed by atoms with Crippen molar-refractivity contribution in [3.05, 3.63) is 17.7 Å². The molecule has 0 spiro atoms. The third-order valence-electron chi connectivity index (χ3n) is 1.93. The Morgan fingerprint density at radius 3 is 2.82 bits per heavy atom. The number of halogens is 1. The minimum absolute atomic E-state index is 0.146. The van der Waals surface area contributed by atoms with E-state index >= 15 is 0 Å². The van der Waals surface area contributed by atoms with E-state index in [1.165, 1.54) is 0 Å². The van der Waals surface area contributed by atoms with Crippen molar-refractivity contribution in [2.24, 2.45) is 0 Å². The average molecular weight is 255 g/mol. The first-order valence-corrected chi connectivity index (χ1v) is 5.33. The fourth-order valence-corrected chi connectivity index (χ4v) is 1.34. The standard InChI is InChI=1S/C8H11ClN8/c1-10-7-13-6(9)14-8(15-7)11-2-4-17-5-3-12-16-17/h3,5H,2,4H2,1H3,(H2,10,11,13,14,15). The minimum atomic E-state index is 0.146. The Morgan fingerprint density at radius 2 is 2.12 bits per heavy atom. The molecule has 0 aliphatic heterocycles. The summed E-state index contributed by atoms with van der Waals surface area (Å²) < 4.78 is 1.70. The van der Waals surface area contributed by atoms with Crippen LogP contribution < -0.4 is 10.6 Å². The van der Waals surface area contributed by atoms with E-state index < -0.39 is 0 Å². The van der Waals surface area contributed by atoms with E-state index in [-0.39, 0.29) is 5.28 Å². The van der Waals surface area contributed by atoms with Crippen LogP contribution in [0, 0.1) is 0 Å². The molecule has 0 saturated heterocycles. The van der Waals surface area contributed by atoms with Gasteiger partial charge in [0.25, 0.3) is 0 Å². The van der Waals surface area contributed by atoms with E-state index in [4.69, 9.17) is 11.6 Å². The van der Waals surface area contributed by atoms with Crippen LogP contribution in [-0.4, -0.2) is 43.5 Å². The van der Waals surface area contributed by atoms with Crippen LogP contribution in [0.3, 0.4) is 0 Å². The van der Waals surface area contributed by atoms with Crippen LogP contribution in [0.15, 0.2) is 12.4 Å². The maximum Gasteiger partial charge on any atom is 0.228 e. The summed E-state index contributed by atoms with van der Waals surface area (Å²) in [5.41, 5.74) is 0. The Labute approximate surface area is 102 Å². The van der Waals surface area contributed by atoms with Gasteiger partial charge in [-0.1, -0.05) is 5.21 Å². The summed E-state index contributed by atoms with van der Waals surface area (Å²) in [6.45, 7) is 1.28. The highest BCUT2D eigenvalue weighted by molar-refractivity contribution is 6.28. The zero-order valence-corrected chi connectivity index (χ0v) is 9.89. The van der Waals surface area contributed by atoms with Gasteiger partial charge in [-0.3, -0.25) is 4.68 Å². The van der Waals surface area contributed by atoms with Gasteiger partial charge in [0.15, 0.2) is 0 Å². The van der Waals surface area contributed by atoms with E-state index in [1.54, 1.807) is 24.1 Å². The molecule has 17 heavy (non-hydrogen) atoms. The number of nitrogens with zero attached hydrogens (tertiary/aromatic N) is 6. The Bertz CT molecular complexity index is 470. The number of rotatable bonds is 5. The van der Waals surface area contributed by atoms with E-state index in [1.807, 2.05) is 0 Å². The molecule has 0 unspecified atom stereocenters. The van der Waals surface area contributed by atoms with Crippen LogP contribution in [-0.2, 0) is 6.54 Å². The molecule has 9 heteroatoms. The van der Waals surface area contributed by atoms with Gasteiger partial charge in [-0.2, -0.15) is 15.0 Å². The quantitative estimate of drug-likeness (QED) is 0.791. The Kier molecular flexibility index (Phi) is 3.66. The summed E-state index contributed by atoms with van der Waals surface area (Å²) in [5.74, 6) is 0.850. The highest BCUT2D eigenvalue weighted by atomic mass is 35.5. The Morgan fingerprint density at radius 1 is 1.29 bits per heavy atom. The molecule has 0 amide bonds. The fourth-order valence-electron chi connectivity index (χ4n) is 1.18. The Balaban J connectivity index is 1.92. The highest BCUT2D eigenvalue weighted by Gasteiger charge is 2.02. The van der Waals surface area contributed by atoms with E-state index in [0.29, 0.717) is 25.0 Å². The molecule has 90 valence electrons. The van der Waals surface area contributed by atoms with Gasteiger partial charge in [-0.05, 0) is 11.6 Å². The lowest BCUT2D eigenvalue weighted by Gasteiger charge is -2.06. The predicted octanol–water partition coefficient (Wildman–Crippen LogP) is 0.270. The number of anilines is 2. The monoisotopic (exact) mass is 254 g/mol. The summed E-state index contributed by atoms with van der Waals surface area (Å²) in [6.07, 6.45) is 3.40. The molecule has 2 aromatic rings. The molecule has 0 fully saturated rings. The van der Waals surface area contributed by atoms with Crippen molar-refractivity contribution in [2.75, 3.05) is 24.2 Å². The Hall–Kier alpha value is -1.96. The van der Waals surface area contributed by atoms with Crippen molar-refractivity contribution < 1.29 is 0 Å². The minimum Gasteiger partial charge on any atom is -0.357 e. The maximum absolute atomic E-state index is 5.74. The third kappa shape index (κ3) is 3.25. The number of hydrogen-bond donors (Lipinski definition) is 2. The second-order valence-electron chi connectivity index (χ2n) is 3.09. The molecule has 0 bridgehead atoms. The summed E-state index contributed by atoms with van der Waals surface area (Å²) in [6, 6.07) is 0. The lowest BCUT2D eigenvalue weighted by atomic mass is 10.6. The first kappa shape index (κ1) is 11.5. The van der Waals surface area contributed by atoms with Gasteiger partial charge in [0.1, 0.15) is 0 Å². The van der Waals surface area contributed by atoms with Crippen LogP contribution in [0.25, 0.3) is 0 Å². The van der Waals surface area contributed by atoms with Gasteiger partial charge in [0.05, 0.1) is 12.7 Å². The lowest BCUT2D eigenvalue weighted by molar-refractivity contribution is 0.607. The van der Waals surface area contributed by atoms with Gasteiger partial charge in [0.2, 0.25) is 17.2 Å². The number of hydrogen-bond acceptors (Lipinski definition) is 7. The topological polar surface area (TPSA) is 93.4 Å². The molecule has 0 aliphatic rings. The van der Waals surface area contributed by atoms with Gasteiger partial charge in [0, 0.05) is 19.8 Å². The van der Waals surface area contributed by atoms with Crippen molar-refractivity contribution in [3.63, 3.8) is 0 Å². The first-order chi connectivity index (χ1) is 8.28. The molecule has 8 nitrogen and oxygen atoms in total. The van der Waals surface area contributed by atoms with Crippen LogP contribution in [0.4, 0.5) is 11.9 Å². The van der Waals surface area contributed by atoms with Crippen molar-refractivity contribution >= 4 is 23.5 Å². The molecule has 2 rings (SSSR count). The van der Waals surface area contributed by atoms with E-state index in [0.717, 1.165) is 0 Å². The summed E-state index contributed by atoms with van der Waals surface area (Å²) in [5, 5.41) is 13.5. The largest absolute Gasteiger partial charge is 0.357 e. The van der Waals surface area contributed by atoms with Gasteiger partial charge in [-0.15, -0.1) is 5.10 Å². The van der Waals surface area contributed by atoms with E-state index in [2.05, 4.69) is 35.9 Å². The number of aromatic nitrogens is 6. The van der Waals surface area contributed by atoms with Crippen LogP contribution in [0.1, 0.15) is 0 Å². The SMILES string of the molecule is CNc1nc(Cl)nc(NCCn2ccnn2)n1. The van der Waals surface area contributed by atoms with Crippen LogP contribution >= 0.6 is 11.6 Å². The molecule has 0 radical (unpaired) electrons. The van der Waals surface area contributed by atoms with Crippen LogP contribution in [0.5, 0.6) is 0 Å². The molecule has 2 heterocycles. The molecule has 0 saturated carbocycles. The molecule has 2 aromatic heterocycles. The number of nitrogens with one attached hydrogen (secondary N) is 2. The molecule has 2 N–H and O–H groups in total. The molecule has 0 aromatic carbocycles. The van der Waals surface area contributed by atoms with Gasteiger partial charge in [-0.25, -0.2) is 0 Å². The summed E-state index contributed by atoms with van der Waals surface area (Å²) in [4.78, 5) is 11.9. The molecular formula is C8H11ClN8. The second kappa shape index (κ2) is 5.39. The molecule has 0 atom stereocenters. The third-order valence-corrected chi connectivity index (χ3v) is 2.10. The van der Waals surface area contributed by atoms with Gasteiger partial charge >= 0.3 is 0 Å². The van der Waals surface area contributed by atoms with Crippen LogP contribution in [0.2, 0.25) is 5.28 Å². The van der Waals surface area contributed by atoms with Crippen molar-refractivity contribution in [3.8, 4) is 0 Å². The first-order valence-electron chi connectivity index (χ1n) is 4.95. The zero-order valence-electron chi connectivity index (χ0n) is 9.13. The van der Waals surface area contributed by atoms with Crippen molar-refractivity contribution in [1.82, 2.24) is 29.9 Å². The second-order valence-corrected chi connectivity index (χ2v) is 3.43. The smallest absolute Gasteiger partial charge is 0.228 e.